The molecule has 226 valence electrons. The number of methoxy groups -OCH3 is 3. The third-order valence-corrected chi connectivity index (χ3v) is 8.32. The molecule has 4 aromatic rings. The van der Waals surface area contributed by atoms with Gasteiger partial charge in [0.25, 0.3) is 0 Å². The van der Waals surface area contributed by atoms with Crippen molar-refractivity contribution in [2.45, 2.75) is 18.5 Å². The lowest BCUT2D eigenvalue weighted by molar-refractivity contribution is -0.141. The summed E-state index contributed by atoms with van der Waals surface area (Å²) in [7, 11) is 4.62. The second-order valence-electron chi connectivity index (χ2n) is 10.7. The molecule has 1 saturated heterocycles. The van der Waals surface area contributed by atoms with Crippen LogP contribution in [0.1, 0.15) is 28.7 Å². The highest BCUT2D eigenvalue weighted by Crippen LogP contribution is 2.55. The minimum absolute atomic E-state index is 0.0733. The van der Waals surface area contributed by atoms with E-state index in [-0.39, 0.29) is 37.7 Å². The number of nitrogens with one attached hydrogen (secondary N) is 1. The van der Waals surface area contributed by atoms with Crippen molar-refractivity contribution >= 4 is 11.9 Å². The molecule has 4 atom stereocenters. The van der Waals surface area contributed by atoms with Gasteiger partial charge < -0.3 is 33.7 Å². The molecule has 13 heteroatoms. The molecule has 1 aliphatic carbocycles. The standard InChI is InChI=1S/C31H29N5O8/c1-39-24-8-16(9-25(40-2)30(24)41-3)27-17-10-22-23(44-15-43-22)11-18(17)29(19-14-42-31(38)28(19)27)33-26(37)13-36-12-21(34-35-36)20-6-4-5-7-32-20/h4-12,19,27-29H,13-15H2,1-3H3,(H,33,37)/t19-,27+,28-,29+/m0/s1. The summed E-state index contributed by atoms with van der Waals surface area (Å²) in [5.74, 6) is 0.371. The van der Waals surface area contributed by atoms with Crippen molar-refractivity contribution < 1.29 is 38.0 Å². The van der Waals surface area contributed by atoms with Gasteiger partial charge in [0.1, 0.15) is 12.2 Å². The number of amides is 1. The van der Waals surface area contributed by atoms with E-state index >= 15 is 0 Å². The summed E-state index contributed by atoms with van der Waals surface area (Å²) in [6, 6.07) is 12.4. The molecule has 2 aromatic heterocycles. The largest absolute Gasteiger partial charge is 0.493 e. The fraction of sp³-hybridized carbons (Fsp3) is 0.323. The normalized spacial score (nSPS) is 21.2. The predicted octanol–water partition coefficient (Wildman–Crippen LogP) is 2.89. The van der Waals surface area contributed by atoms with Crippen molar-refractivity contribution in [3.05, 3.63) is 71.5 Å². The number of hydrogen-bond acceptors (Lipinski definition) is 11. The number of carbonyl (C=O) groups is 2. The van der Waals surface area contributed by atoms with E-state index in [2.05, 4.69) is 20.6 Å². The number of cyclic esters (lactones) is 1. The third-order valence-electron chi connectivity index (χ3n) is 8.32. The topological polar surface area (TPSA) is 145 Å². The van der Waals surface area contributed by atoms with Crippen molar-refractivity contribution in [2.75, 3.05) is 34.7 Å². The molecule has 4 heterocycles. The molecule has 1 fully saturated rings. The summed E-state index contributed by atoms with van der Waals surface area (Å²) >= 11 is 0. The minimum atomic E-state index is -0.613. The molecule has 0 spiro atoms. The Morgan fingerprint density at radius 1 is 0.977 bits per heavy atom. The van der Waals surface area contributed by atoms with Crippen molar-refractivity contribution in [2.24, 2.45) is 11.8 Å². The number of esters is 1. The average molecular weight is 600 g/mol. The first kappa shape index (κ1) is 27.5. The van der Waals surface area contributed by atoms with E-state index in [1.807, 2.05) is 42.5 Å². The highest BCUT2D eigenvalue weighted by atomic mass is 16.7. The van der Waals surface area contributed by atoms with Gasteiger partial charge in [-0.2, -0.15) is 0 Å². The Morgan fingerprint density at radius 3 is 2.41 bits per heavy atom. The molecule has 0 bridgehead atoms. The van der Waals surface area contributed by atoms with E-state index in [1.54, 1.807) is 26.6 Å². The van der Waals surface area contributed by atoms with Crippen LogP contribution in [0, 0.1) is 11.8 Å². The lowest BCUT2D eigenvalue weighted by Gasteiger charge is -2.39. The summed E-state index contributed by atoms with van der Waals surface area (Å²) in [6.45, 7) is 0.124. The number of aromatic nitrogens is 4. The van der Waals surface area contributed by atoms with Crippen molar-refractivity contribution in [1.82, 2.24) is 25.3 Å². The Kier molecular flexibility index (Phi) is 6.91. The Balaban J connectivity index is 1.27. The fourth-order valence-electron chi connectivity index (χ4n) is 6.40. The van der Waals surface area contributed by atoms with Gasteiger partial charge in [-0.05, 0) is 53.1 Å². The molecule has 1 N–H and O–H groups in total. The zero-order valence-corrected chi connectivity index (χ0v) is 24.2. The van der Waals surface area contributed by atoms with E-state index < -0.39 is 17.9 Å². The molecule has 0 radical (unpaired) electrons. The van der Waals surface area contributed by atoms with Gasteiger partial charge in [-0.25, -0.2) is 4.68 Å². The first-order chi connectivity index (χ1) is 21.5. The second kappa shape index (κ2) is 11.1. The quantitative estimate of drug-likeness (QED) is 0.299. The number of rotatable bonds is 8. The molecule has 1 amide bonds. The van der Waals surface area contributed by atoms with Crippen molar-refractivity contribution in [1.29, 1.82) is 0 Å². The maximum atomic E-state index is 13.5. The van der Waals surface area contributed by atoms with Crippen LogP contribution < -0.4 is 29.0 Å². The number of benzene rings is 2. The maximum Gasteiger partial charge on any atom is 0.310 e. The zero-order valence-electron chi connectivity index (χ0n) is 24.2. The Morgan fingerprint density at radius 2 is 1.73 bits per heavy atom. The number of nitrogens with zero attached hydrogens (tertiary/aromatic N) is 4. The van der Waals surface area contributed by atoms with Crippen molar-refractivity contribution in [3.8, 4) is 40.1 Å². The van der Waals surface area contributed by atoms with Crippen LogP contribution in [0.25, 0.3) is 11.4 Å². The van der Waals surface area contributed by atoms with Crippen molar-refractivity contribution in [3.63, 3.8) is 0 Å². The number of carbonyl (C=O) groups excluding carboxylic acids is 2. The number of hydrogen-bond donors (Lipinski definition) is 1. The lowest BCUT2D eigenvalue weighted by atomic mass is 9.65. The number of fused-ring (bicyclic) bond motifs is 3. The molecular weight excluding hydrogens is 570 g/mol. The third kappa shape index (κ3) is 4.60. The lowest BCUT2D eigenvalue weighted by Crippen LogP contribution is -2.43. The van der Waals surface area contributed by atoms with E-state index in [0.717, 1.165) is 16.7 Å². The second-order valence-corrected chi connectivity index (χ2v) is 10.7. The van der Waals surface area contributed by atoms with Crippen LogP contribution >= 0.6 is 0 Å². The molecule has 7 rings (SSSR count). The first-order valence-corrected chi connectivity index (χ1v) is 14.0. The Hall–Kier alpha value is -5.33. The molecule has 2 aromatic carbocycles. The van der Waals surface area contributed by atoms with Crippen LogP contribution in [0.15, 0.2) is 54.9 Å². The molecule has 13 nitrogen and oxygen atoms in total. The van der Waals surface area contributed by atoms with Crippen LogP contribution in [0.4, 0.5) is 0 Å². The van der Waals surface area contributed by atoms with Gasteiger partial charge in [-0.3, -0.25) is 14.6 Å². The SMILES string of the molecule is COc1cc([C@@H]2c3cc4c(cc3[C@@H](NC(=O)Cn3cc(-c5ccccn5)nn3)[C@H]3COC(=O)[C@H]23)OCO4)cc(OC)c1OC. The minimum Gasteiger partial charge on any atom is -0.493 e. The Labute approximate surface area is 252 Å². The smallest absolute Gasteiger partial charge is 0.310 e. The number of pyridine rings is 1. The predicted molar refractivity (Wildman–Crippen MR) is 153 cm³/mol. The van der Waals surface area contributed by atoms with Crippen LogP contribution in [0.2, 0.25) is 0 Å². The van der Waals surface area contributed by atoms with E-state index in [9.17, 15) is 9.59 Å². The molecule has 0 saturated carbocycles. The van der Waals surface area contributed by atoms with Crippen LogP contribution in [-0.2, 0) is 20.9 Å². The molecular formula is C31H29N5O8. The van der Waals surface area contributed by atoms with Crippen LogP contribution in [0.3, 0.4) is 0 Å². The first-order valence-electron chi connectivity index (χ1n) is 14.0. The molecule has 3 aliphatic rings. The Bertz CT molecular complexity index is 1720. The van der Waals surface area contributed by atoms with Gasteiger partial charge >= 0.3 is 5.97 Å². The summed E-state index contributed by atoms with van der Waals surface area (Å²) in [5.41, 5.74) is 3.57. The summed E-state index contributed by atoms with van der Waals surface area (Å²) in [5, 5.41) is 11.4. The van der Waals surface area contributed by atoms with Gasteiger partial charge in [-0.1, -0.05) is 11.3 Å². The van der Waals surface area contributed by atoms with Gasteiger partial charge in [-0.15, -0.1) is 5.10 Å². The zero-order chi connectivity index (χ0) is 30.4. The monoisotopic (exact) mass is 599 g/mol. The van der Waals surface area contributed by atoms with Gasteiger partial charge in [0.15, 0.2) is 23.0 Å². The van der Waals surface area contributed by atoms with E-state index in [1.165, 1.54) is 11.8 Å². The summed E-state index contributed by atoms with van der Waals surface area (Å²) in [4.78, 5) is 31.2. The molecule has 0 unspecified atom stereocenters. The molecule has 2 aliphatic heterocycles. The fourth-order valence-corrected chi connectivity index (χ4v) is 6.40. The highest BCUT2D eigenvalue weighted by Gasteiger charge is 2.53. The molecule has 44 heavy (non-hydrogen) atoms. The average Bonchev–Trinajstić information content (AvgIpc) is 3.80. The van der Waals surface area contributed by atoms with Crippen LogP contribution in [0.5, 0.6) is 28.7 Å². The number of ether oxygens (including phenoxy) is 6. The van der Waals surface area contributed by atoms with Gasteiger partial charge in [0, 0.05) is 18.0 Å². The summed E-state index contributed by atoms with van der Waals surface area (Å²) < 4.78 is 35.3. The van der Waals surface area contributed by atoms with Gasteiger partial charge in [0.2, 0.25) is 18.4 Å². The van der Waals surface area contributed by atoms with E-state index in [4.69, 9.17) is 28.4 Å². The van der Waals surface area contributed by atoms with Crippen LogP contribution in [-0.4, -0.2) is 66.6 Å². The van der Waals surface area contributed by atoms with Gasteiger partial charge in [0.05, 0.1) is 51.8 Å². The van der Waals surface area contributed by atoms with E-state index in [0.29, 0.717) is 40.1 Å². The summed E-state index contributed by atoms with van der Waals surface area (Å²) in [6.07, 6.45) is 3.33. The maximum absolute atomic E-state index is 13.5. The highest BCUT2D eigenvalue weighted by molar-refractivity contribution is 5.81.